The van der Waals surface area contributed by atoms with Crippen LogP contribution < -0.4 is 11.1 Å². The van der Waals surface area contributed by atoms with Crippen LogP contribution in [0.1, 0.15) is 46.5 Å². The highest BCUT2D eigenvalue weighted by atomic mass is 16.2. The molecule has 0 bridgehead atoms. The summed E-state index contributed by atoms with van der Waals surface area (Å²) in [6, 6.07) is -0.402. The Bertz CT molecular complexity index is 323. The lowest BCUT2D eigenvalue weighted by atomic mass is 9.94. The predicted octanol–water partition coefficient (Wildman–Crippen LogP) is 1.12. The molecular weight excluding hydrogens is 254 g/mol. The smallest absolute Gasteiger partial charge is 0.239 e. The van der Waals surface area contributed by atoms with E-state index in [0.717, 1.165) is 32.2 Å². The Morgan fingerprint density at radius 2 is 1.90 bits per heavy atom. The van der Waals surface area contributed by atoms with Crippen LogP contribution >= 0.6 is 0 Å². The van der Waals surface area contributed by atoms with E-state index in [1.165, 1.54) is 0 Å². The molecule has 0 radical (unpaired) electrons. The van der Waals surface area contributed by atoms with Gasteiger partial charge in [0.1, 0.15) is 0 Å². The normalized spacial score (nSPS) is 18.1. The van der Waals surface area contributed by atoms with Crippen LogP contribution in [0.5, 0.6) is 0 Å². The molecular formula is C15H29N3O2. The summed E-state index contributed by atoms with van der Waals surface area (Å²) in [5.41, 5.74) is 5.94. The second-order valence-electron chi connectivity index (χ2n) is 6.13. The molecule has 1 fully saturated rings. The molecule has 0 aromatic heterocycles. The zero-order chi connectivity index (χ0) is 15.1. The molecule has 3 N–H and O–H groups in total. The number of likely N-dealkylation sites (tertiary alicyclic amines) is 1. The van der Waals surface area contributed by atoms with Crippen molar-refractivity contribution in [3.05, 3.63) is 0 Å². The molecule has 2 amide bonds. The van der Waals surface area contributed by atoms with Crippen LogP contribution in [0.25, 0.3) is 0 Å². The van der Waals surface area contributed by atoms with E-state index in [9.17, 15) is 9.59 Å². The van der Waals surface area contributed by atoms with Gasteiger partial charge in [-0.2, -0.15) is 0 Å². The molecule has 1 saturated heterocycles. The number of nitrogens with zero attached hydrogens (tertiary/aromatic N) is 1. The second-order valence-corrected chi connectivity index (χ2v) is 6.13. The van der Waals surface area contributed by atoms with Gasteiger partial charge in [0.15, 0.2) is 0 Å². The Balaban J connectivity index is 2.38. The first kappa shape index (κ1) is 17.0. The Morgan fingerprint density at radius 3 is 2.40 bits per heavy atom. The van der Waals surface area contributed by atoms with E-state index in [2.05, 4.69) is 19.2 Å². The Hall–Kier alpha value is -1.10. The second kappa shape index (κ2) is 8.25. The lowest BCUT2D eigenvalue weighted by molar-refractivity contribution is -0.137. The van der Waals surface area contributed by atoms with Crippen LogP contribution in [0.3, 0.4) is 0 Å². The van der Waals surface area contributed by atoms with Gasteiger partial charge in [-0.05, 0) is 31.6 Å². The van der Waals surface area contributed by atoms with Crippen LogP contribution in [0.4, 0.5) is 0 Å². The molecule has 0 aromatic carbocycles. The Kier molecular flexibility index (Phi) is 6.99. The van der Waals surface area contributed by atoms with E-state index in [1.54, 1.807) is 0 Å². The largest absolute Gasteiger partial charge is 0.356 e. The van der Waals surface area contributed by atoms with Crippen molar-refractivity contribution in [2.24, 2.45) is 17.6 Å². The Morgan fingerprint density at radius 1 is 1.30 bits per heavy atom. The number of hydrogen-bond acceptors (Lipinski definition) is 3. The maximum Gasteiger partial charge on any atom is 0.239 e. The monoisotopic (exact) mass is 283 g/mol. The third kappa shape index (κ3) is 5.12. The Labute approximate surface area is 122 Å². The van der Waals surface area contributed by atoms with Crippen molar-refractivity contribution >= 4 is 11.8 Å². The van der Waals surface area contributed by atoms with Crippen molar-refractivity contribution in [1.29, 1.82) is 0 Å². The molecule has 5 heteroatoms. The van der Waals surface area contributed by atoms with Gasteiger partial charge in [0.2, 0.25) is 11.8 Å². The van der Waals surface area contributed by atoms with Gasteiger partial charge in [0.25, 0.3) is 0 Å². The average Bonchev–Trinajstić information content (AvgIpc) is 2.43. The molecule has 0 saturated carbocycles. The standard InChI is InChI=1S/C15H29N3O2/c1-4-7-17-14(19)12-5-8-18(9-6-12)15(20)13(16)10-11(2)3/h11-13H,4-10,16H2,1-3H3,(H,17,19)/t13-/m0/s1. The van der Waals surface area contributed by atoms with Crippen molar-refractivity contribution in [3.63, 3.8) is 0 Å². The number of hydrogen-bond donors (Lipinski definition) is 2. The zero-order valence-electron chi connectivity index (χ0n) is 13.0. The first-order valence-electron chi connectivity index (χ1n) is 7.77. The van der Waals surface area contributed by atoms with Crippen LogP contribution in [-0.4, -0.2) is 42.4 Å². The highest BCUT2D eigenvalue weighted by Gasteiger charge is 2.29. The molecule has 1 rings (SSSR count). The van der Waals surface area contributed by atoms with Gasteiger partial charge in [-0.3, -0.25) is 9.59 Å². The summed E-state index contributed by atoms with van der Waals surface area (Å²) >= 11 is 0. The van der Waals surface area contributed by atoms with E-state index in [1.807, 2.05) is 11.8 Å². The number of amides is 2. The molecule has 0 aliphatic carbocycles. The van der Waals surface area contributed by atoms with Crippen molar-refractivity contribution in [2.45, 2.75) is 52.5 Å². The van der Waals surface area contributed by atoms with E-state index < -0.39 is 6.04 Å². The van der Waals surface area contributed by atoms with Gasteiger partial charge in [-0.15, -0.1) is 0 Å². The molecule has 1 heterocycles. The topological polar surface area (TPSA) is 75.4 Å². The molecule has 0 aromatic rings. The minimum Gasteiger partial charge on any atom is -0.356 e. The van der Waals surface area contributed by atoms with Crippen molar-refractivity contribution < 1.29 is 9.59 Å². The maximum atomic E-state index is 12.2. The summed E-state index contributed by atoms with van der Waals surface area (Å²) in [6.07, 6.45) is 3.16. The quantitative estimate of drug-likeness (QED) is 0.767. The number of carbonyl (C=O) groups excluding carboxylic acids is 2. The third-order valence-electron chi connectivity index (χ3n) is 3.77. The number of nitrogens with one attached hydrogen (secondary N) is 1. The first-order valence-corrected chi connectivity index (χ1v) is 7.77. The predicted molar refractivity (Wildman–Crippen MR) is 80.0 cm³/mol. The summed E-state index contributed by atoms with van der Waals surface area (Å²) in [7, 11) is 0. The summed E-state index contributed by atoms with van der Waals surface area (Å²) in [6.45, 7) is 8.20. The van der Waals surface area contributed by atoms with Gasteiger partial charge in [0, 0.05) is 25.6 Å². The van der Waals surface area contributed by atoms with Gasteiger partial charge in [-0.1, -0.05) is 20.8 Å². The highest BCUT2D eigenvalue weighted by Crippen LogP contribution is 2.18. The van der Waals surface area contributed by atoms with Crippen LogP contribution in [-0.2, 0) is 9.59 Å². The SMILES string of the molecule is CCCNC(=O)C1CCN(C(=O)[C@@H](N)CC(C)C)CC1. The fraction of sp³-hybridized carbons (Fsp3) is 0.867. The number of rotatable bonds is 6. The first-order chi connectivity index (χ1) is 9.45. The minimum atomic E-state index is -0.402. The fourth-order valence-corrected chi connectivity index (χ4v) is 2.60. The fourth-order valence-electron chi connectivity index (χ4n) is 2.60. The van der Waals surface area contributed by atoms with Crippen LogP contribution in [0.2, 0.25) is 0 Å². The van der Waals surface area contributed by atoms with E-state index in [4.69, 9.17) is 5.73 Å². The lowest BCUT2D eigenvalue weighted by Gasteiger charge is -2.33. The van der Waals surface area contributed by atoms with Gasteiger partial charge in [0.05, 0.1) is 6.04 Å². The summed E-state index contributed by atoms with van der Waals surface area (Å²) in [5.74, 6) is 0.634. The molecule has 5 nitrogen and oxygen atoms in total. The van der Waals surface area contributed by atoms with Gasteiger partial charge < -0.3 is 16.0 Å². The molecule has 116 valence electrons. The number of carbonyl (C=O) groups is 2. The minimum absolute atomic E-state index is 0.0334. The zero-order valence-corrected chi connectivity index (χ0v) is 13.0. The summed E-state index contributed by atoms with van der Waals surface area (Å²) < 4.78 is 0. The molecule has 1 aliphatic rings. The van der Waals surface area contributed by atoms with Gasteiger partial charge >= 0.3 is 0 Å². The van der Waals surface area contributed by atoms with Crippen LogP contribution in [0.15, 0.2) is 0 Å². The van der Waals surface area contributed by atoms with Crippen molar-refractivity contribution in [1.82, 2.24) is 10.2 Å². The maximum absolute atomic E-state index is 12.2. The molecule has 1 atom stereocenters. The summed E-state index contributed by atoms with van der Waals surface area (Å²) in [4.78, 5) is 25.9. The molecule has 0 spiro atoms. The van der Waals surface area contributed by atoms with Crippen LogP contribution in [0, 0.1) is 11.8 Å². The molecule has 20 heavy (non-hydrogen) atoms. The average molecular weight is 283 g/mol. The third-order valence-corrected chi connectivity index (χ3v) is 3.77. The molecule has 1 aliphatic heterocycles. The van der Waals surface area contributed by atoms with Crippen molar-refractivity contribution in [3.8, 4) is 0 Å². The van der Waals surface area contributed by atoms with E-state index >= 15 is 0 Å². The van der Waals surface area contributed by atoms with Crippen molar-refractivity contribution in [2.75, 3.05) is 19.6 Å². The number of nitrogens with two attached hydrogens (primary N) is 1. The number of piperidine rings is 1. The highest BCUT2D eigenvalue weighted by molar-refractivity contribution is 5.82. The van der Waals surface area contributed by atoms with E-state index in [-0.39, 0.29) is 17.7 Å². The van der Waals surface area contributed by atoms with Gasteiger partial charge in [-0.25, -0.2) is 0 Å². The molecule has 0 unspecified atom stereocenters. The summed E-state index contributed by atoms with van der Waals surface area (Å²) in [5, 5.41) is 2.93. The van der Waals surface area contributed by atoms with E-state index in [0.29, 0.717) is 19.0 Å². The lowest BCUT2D eigenvalue weighted by Crippen LogP contribution is -2.49.